The largest absolute Gasteiger partial charge is 0.230 e. The lowest BCUT2D eigenvalue weighted by Gasteiger charge is -2.36. The van der Waals surface area contributed by atoms with Crippen LogP contribution in [0.5, 0.6) is 0 Å². The molecule has 0 N–H and O–H groups in total. The minimum Gasteiger partial charge on any atom is -0.230 e. The number of aryl methyl sites for hydroxylation is 1. The van der Waals surface area contributed by atoms with Crippen LogP contribution in [0, 0.1) is 0 Å². The van der Waals surface area contributed by atoms with Crippen LogP contribution < -0.4 is 0 Å². The van der Waals surface area contributed by atoms with Gasteiger partial charge in [-0.25, -0.2) is 19.6 Å². The highest BCUT2D eigenvalue weighted by molar-refractivity contribution is 5.42. The van der Waals surface area contributed by atoms with Crippen LogP contribution in [0.4, 0.5) is 0 Å². The van der Waals surface area contributed by atoms with Crippen molar-refractivity contribution < 1.29 is 19.6 Å². The van der Waals surface area contributed by atoms with E-state index >= 15 is 0 Å². The molecule has 0 bridgehead atoms. The van der Waals surface area contributed by atoms with Crippen LogP contribution in [0.2, 0.25) is 0 Å². The zero-order valence-corrected chi connectivity index (χ0v) is 20.0. The number of hydrogen-bond acceptors (Lipinski definition) is 4. The molecule has 4 nitrogen and oxygen atoms in total. The third kappa shape index (κ3) is 7.82. The van der Waals surface area contributed by atoms with E-state index in [1.165, 1.54) is 5.56 Å². The van der Waals surface area contributed by atoms with E-state index in [-0.39, 0.29) is 0 Å². The van der Waals surface area contributed by atoms with Gasteiger partial charge in [-0.1, -0.05) is 31.5 Å². The fourth-order valence-electron chi connectivity index (χ4n) is 2.93. The summed E-state index contributed by atoms with van der Waals surface area (Å²) in [7, 11) is 0. The maximum Gasteiger partial charge on any atom is 0.123 e. The molecule has 1 aromatic rings. The van der Waals surface area contributed by atoms with Crippen LogP contribution >= 0.6 is 0 Å². The van der Waals surface area contributed by atoms with Crippen molar-refractivity contribution >= 4 is 0 Å². The van der Waals surface area contributed by atoms with E-state index in [2.05, 4.69) is 25.1 Å². The van der Waals surface area contributed by atoms with E-state index < -0.39 is 22.4 Å². The van der Waals surface area contributed by atoms with E-state index in [1.807, 2.05) is 69.2 Å². The lowest BCUT2D eigenvalue weighted by Crippen LogP contribution is -2.35. The smallest absolute Gasteiger partial charge is 0.123 e. The van der Waals surface area contributed by atoms with Crippen molar-refractivity contribution in [2.24, 2.45) is 0 Å². The molecule has 0 aliphatic carbocycles. The Labute approximate surface area is 172 Å². The van der Waals surface area contributed by atoms with Gasteiger partial charge in [-0.05, 0) is 98.8 Å². The molecule has 0 unspecified atom stereocenters. The van der Waals surface area contributed by atoms with Gasteiger partial charge in [0.1, 0.15) is 11.2 Å². The molecule has 4 heteroatoms. The SMILES string of the molecule is CCCCc1cccc(C(C)(C)OOC(C)(C)C)c1C(C)(C)OOC(C)(C)C. The Hall–Kier alpha value is -0.940. The minimum absolute atomic E-state index is 0.390. The van der Waals surface area contributed by atoms with Crippen LogP contribution in [0.25, 0.3) is 0 Å². The Kier molecular flexibility index (Phi) is 8.29. The molecule has 28 heavy (non-hydrogen) atoms. The monoisotopic (exact) mass is 394 g/mol. The fourth-order valence-corrected chi connectivity index (χ4v) is 2.93. The topological polar surface area (TPSA) is 36.9 Å². The first-order valence-corrected chi connectivity index (χ1v) is 10.5. The van der Waals surface area contributed by atoms with E-state index in [1.54, 1.807) is 0 Å². The molecule has 0 fully saturated rings. The van der Waals surface area contributed by atoms with E-state index in [0.29, 0.717) is 0 Å². The number of benzene rings is 1. The van der Waals surface area contributed by atoms with Crippen molar-refractivity contribution in [2.75, 3.05) is 0 Å². The molecule has 0 aliphatic rings. The lowest BCUT2D eigenvalue weighted by molar-refractivity contribution is -0.407. The lowest BCUT2D eigenvalue weighted by atomic mass is 9.81. The average molecular weight is 395 g/mol. The average Bonchev–Trinajstić information content (AvgIpc) is 2.55. The Morgan fingerprint density at radius 1 is 0.679 bits per heavy atom. The summed E-state index contributed by atoms with van der Waals surface area (Å²) in [5.41, 5.74) is 1.34. The van der Waals surface area contributed by atoms with Gasteiger partial charge in [0.15, 0.2) is 0 Å². The van der Waals surface area contributed by atoms with Crippen LogP contribution in [0.1, 0.15) is 106 Å². The predicted molar refractivity (Wildman–Crippen MR) is 115 cm³/mol. The van der Waals surface area contributed by atoms with Crippen molar-refractivity contribution in [3.63, 3.8) is 0 Å². The molecular formula is C24H42O4. The Bertz CT molecular complexity index is 618. The Morgan fingerprint density at radius 3 is 1.64 bits per heavy atom. The highest BCUT2D eigenvalue weighted by Gasteiger charge is 2.37. The second kappa shape index (κ2) is 9.25. The van der Waals surface area contributed by atoms with Crippen LogP contribution in [0.15, 0.2) is 18.2 Å². The summed E-state index contributed by atoms with van der Waals surface area (Å²) in [6.07, 6.45) is 3.24. The molecule has 0 atom stereocenters. The highest BCUT2D eigenvalue weighted by Crippen LogP contribution is 2.39. The molecule has 0 saturated heterocycles. The molecule has 1 aromatic carbocycles. The first-order chi connectivity index (χ1) is 12.6. The van der Waals surface area contributed by atoms with Crippen molar-refractivity contribution in [2.45, 2.75) is 118 Å². The fraction of sp³-hybridized carbons (Fsp3) is 0.750. The van der Waals surface area contributed by atoms with Gasteiger partial charge in [0.25, 0.3) is 0 Å². The zero-order chi connectivity index (χ0) is 21.8. The maximum absolute atomic E-state index is 5.99. The molecule has 0 aromatic heterocycles. The first kappa shape index (κ1) is 25.1. The summed E-state index contributed by atoms with van der Waals surface area (Å²) in [5, 5.41) is 0. The molecule has 0 aliphatic heterocycles. The van der Waals surface area contributed by atoms with E-state index in [4.69, 9.17) is 19.6 Å². The van der Waals surface area contributed by atoms with Crippen LogP contribution in [-0.2, 0) is 37.2 Å². The summed E-state index contributed by atoms with van der Waals surface area (Å²) in [6.45, 7) is 22.2. The first-order valence-electron chi connectivity index (χ1n) is 10.5. The van der Waals surface area contributed by atoms with Gasteiger partial charge >= 0.3 is 0 Å². The van der Waals surface area contributed by atoms with Crippen molar-refractivity contribution in [3.05, 3.63) is 34.9 Å². The summed E-state index contributed by atoms with van der Waals surface area (Å²) >= 11 is 0. The van der Waals surface area contributed by atoms with Gasteiger partial charge in [-0.15, -0.1) is 0 Å². The second-order valence-corrected chi connectivity index (χ2v) is 10.5. The molecule has 162 valence electrons. The zero-order valence-electron chi connectivity index (χ0n) is 20.0. The van der Waals surface area contributed by atoms with Gasteiger partial charge in [-0.3, -0.25) is 0 Å². The van der Waals surface area contributed by atoms with Crippen molar-refractivity contribution in [3.8, 4) is 0 Å². The minimum atomic E-state index is -0.646. The maximum atomic E-state index is 5.99. The quantitative estimate of drug-likeness (QED) is 0.334. The highest BCUT2D eigenvalue weighted by atomic mass is 17.2. The third-order valence-electron chi connectivity index (χ3n) is 4.20. The Morgan fingerprint density at radius 2 is 1.18 bits per heavy atom. The van der Waals surface area contributed by atoms with Gasteiger partial charge < -0.3 is 0 Å². The molecular weight excluding hydrogens is 352 g/mol. The second-order valence-electron chi connectivity index (χ2n) is 10.5. The van der Waals surface area contributed by atoms with Gasteiger partial charge in [0.2, 0.25) is 0 Å². The summed E-state index contributed by atoms with van der Waals surface area (Å²) < 4.78 is 0. The molecule has 0 heterocycles. The molecule has 1 rings (SSSR count). The summed E-state index contributed by atoms with van der Waals surface area (Å²) in [6, 6.07) is 6.36. The van der Waals surface area contributed by atoms with Crippen molar-refractivity contribution in [1.82, 2.24) is 0 Å². The van der Waals surface area contributed by atoms with E-state index in [0.717, 1.165) is 30.4 Å². The van der Waals surface area contributed by atoms with Gasteiger partial charge in [0, 0.05) is 0 Å². The van der Waals surface area contributed by atoms with Crippen molar-refractivity contribution in [1.29, 1.82) is 0 Å². The standard InChI is InChI=1S/C24H42O4/c1-12-13-15-18-16-14-17-19(23(8,9)27-25-21(2,3)4)20(18)24(10,11)28-26-22(5,6)7/h14,16-17H,12-13,15H2,1-11H3. The Balaban J connectivity index is 3.40. The predicted octanol–water partition coefficient (Wildman–Crippen LogP) is 6.99. The molecule has 0 radical (unpaired) electrons. The normalized spacial score (nSPS) is 13.8. The number of unbranched alkanes of at least 4 members (excludes halogenated alkanes) is 1. The van der Waals surface area contributed by atoms with Gasteiger partial charge in [-0.2, -0.15) is 0 Å². The number of hydrogen-bond donors (Lipinski definition) is 0. The molecule has 0 amide bonds. The molecule has 0 saturated carbocycles. The van der Waals surface area contributed by atoms with Crippen LogP contribution in [-0.4, -0.2) is 11.2 Å². The van der Waals surface area contributed by atoms with Crippen LogP contribution in [0.3, 0.4) is 0 Å². The van der Waals surface area contributed by atoms with Gasteiger partial charge in [0.05, 0.1) is 11.2 Å². The van der Waals surface area contributed by atoms with E-state index in [9.17, 15) is 0 Å². The molecule has 0 spiro atoms. The number of rotatable bonds is 9. The third-order valence-corrected chi connectivity index (χ3v) is 4.20. The summed E-state index contributed by atoms with van der Waals surface area (Å²) in [4.78, 5) is 23.3. The summed E-state index contributed by atoms with van der Waals surface area (Å²) in [5.74, 6) is 0.